The lowest BCUT2D eigenvalue weighted by Crippen LogP contribution is -2.41. The van der Waals surface area contributed by atoms with E-state index in [0.717, 1.165) is 30.4 Å². The third kappa shape index (κ3) is 3.61. The lowest BCUT2D eigenvalue weighted by atomic mass is 9.97. The predicted octanol–water partition coefficient (Wildman–Crippen LogP) is 3.96. The molecule has 1 N–H and O–H groups in total. The summed E-state index contributed by atoms with van der Waals surface area (Å²) in [7, 11) is 0. The van der Waals surface area contributed by atoms with E-state index in [1.165, 1.54) is 5.56 Å². The number of rotatable bonds is 6. The van der Waals surface area contributed by atoms with Crippen LogP contribution in [0.2, 0.25) is 0 Å². The molecule has 1 fully saturated rings. The summed E-state index contributed by atoms with van der Waals surface area (Å²) in [5.41, 5.74) is 3.94. The lowest BCUT2D eigenvalue weighted by Gasteiger charge is -2.18. The highest BCUT2D eigenvalue weighted by molar-refractivity contribution is 6.04. The second-order valence-corrected chi connectivity index (χ2v) is 7.98. The van der Waals surface area contributed by atoms with Crippen molar-refractivity contribution in [3.05, 3.63) is 64.7 Å². The second kappa shape index (κ2) is 6.84. The highest BCUT2D eigenvalue weighted by Crippen LogP contribution is 2.40. The van der Waals surface area contributed by atoms with Crippen molar-refractivity contribution in [2.45, 2.75) is 51.0 Å². The Bertz CT molecular complexity index is 884. The van der Waals surface area contributed by atoms with E-state index in [1.54, 1.807) is 0 Å². The molecule has 0 aliphatic heterocycles. The summed E-state index contributed by atoms with van der Waals surface area (Å²) in [4.78, 5) is 24.8. The van der Waals surface area contributed by atoms with Gasteiger partial charge in [0, 0.05) is 12.0 Å². The van der Waals surface area contributed by atoms with Gasteiger partial charge in [-0.3, -0.25) is 9.59 Å². The maximum absolute atomic E-state index is 12.5. The van der Waals surface area contributed by atoms with E-state index in [2.05, 4.69) is 24.4 Å². The number of hydrogen-bond acceptors (Lipinski definition) is 3. The summed E-state index contributed by atoms with van der Waals surface area (Å²) in [5.74, 6) is 0.731. The monoisotopic (exact) mass is 363 g/mol. The number of aryl methyl sites for hydroxylation is 1. The minimum Gasteiger partial charge on any atom is -0.483 e. The first kappa shape index (κ1) is 17.8. The van der Waals surface area contributed by atoms with Crippen LogP contribution in [0.15, 0.2) is 42.5 Å². The number of Topliss-reactive ketones (excluding diaryl/α,β-unsaturated/α-hetero) is 1. The van der Waals surface area contributed by atoms with Crippen LogP contribution in [0, 0.1) is 6.92 Å². The third-order valence-corrected chi connectivity index (χ3v) is 5.69. The van der Waals surface area contributed by atoms with Crippen molar-refractivity contribution in [3.63, 3.8) is 0 Å². The fourth-order valence-corrected chi connectivity index (χ4v) is 4.19. The molecule has 0 aromatic heterocycles. The molecule has 2 aromatic carbocycles. The average molecular weight is 363 g/mol. The maximum Gasteiger partial charge on any atom is 0.258 e. The molecule has 1 atom stereocenters. The van der Waals surface area contributed by atoms with E-state index in [-0.39, 0.29) is 29.8 Å². The van der Waals surface area contributed by atoms with Crippen molar-refractivity contribution in [2.75, 3.05) is 6.61 Å². The molecule has 2 aliphatic carbocycles. The summed E-state index contributed by atoms with van der Waals surface area (Å²) < 4.78 is 5.78. The molecule has 0 radical (unpaired) electrons. The second-order valence-electron chi connectivity index (χ2n) is 7.98. The first-order valence-electron chi connectivity index (χ1n) is 9.62. The molecule has 2 aliphatic rings. The lowest BCUT2D eigenvalue weighted by molar-refractivity contribution is -0.124. The van der Waals surface area contributed by atoms with E-state index < -0.39 is 0 Å². The number of hydrogen-bond donors (Lipinski definition) is 1. The number of fused-ring (bicyclic) bond motifs is 1. The molecular weight excluding hydrogens is 338 g/mol. The van der Waals surface area contributed by atoms with Crippen LogP contribution in [0.4, 0.5) is 0 Å². The summed E-state index contributed by atoms with van der Waals surface area (Å²) in [6.45, 7) is 4.02. The molecule has 27 heavy (non-hydrogen) atoms. The van der Waals surface area contributed by atoms with Gasteiger partial charge in [0.15, 0.2) is 12.4 Å². The fourth-order valence-electron chi connectivity index (χ4n) is 4.19. The van der Waals surface area contributed by atoms with Crippen molar-refractivity contribution in [1.82, 2.24) is 5.32 Å². The van der Waals surface area contributed by atoms with Crippen LogP contribution >= 0.6 is 0 Å². The van der Waals surface area contributed by atoms with Crippen molar-refractivity contribution < 1.29 is 14.3 Å². The van der Waals surface area contributed by atoms with Gasteiger partial charge >= 0.3 is 0 Å². The van der Waals surface area contributed by atoms with Crippen LogP contribution in [0.1, 0.15) is 59.2 Å². The molecule has 4 rings (SSSR count). The molecular formula is C23H25NO3. The van der Waals surface area contributed by atoms with Gasteiger partial charge < -0.3 is 10.1 Å². The Morgan fingerprint density at radius 2 is 1.93 bits per heavy atom. The first-order chi connectivity index (χ1) is 13.0. The highest BCUT2D eigenvalue weighted by atomic mass is 16.5. The van der Waals surface area contributed by atoms with E-state index in [1.807, 2.05) is 37.3 Å². The number of amides is 1. The quantitative estimate of drug-likeness (QED) is 0.845. The standard InChI is InChI=1S/C23H25NO3/c1-15-8-9-19(22-18(25)12-16(2)21(15)22)27-14-20(26)24-23(10-11-23)13-17-6-4-3-5-7-17/h3-9,16H,10-14H2,1-2H3,(H,24,26). The van der Waals surface area contributed by atoms with Crippen LogP contribution in [0.25, 0.3) is 0 Å². The largest absolute Gasteiger partial charge is 0.483 e. The molecule has 2 aromatic rings. The zero-order valence-corrected chi connectivity index (χ0v) is 15.9. The Balaban J connectivity index is 1.40. The Labute approximate surface area is 159 Å². The van der Waals surface area contributed by atoms with Crippen LogP contribution in [0.5, 0.6) is 5.75 Å². The topological polar surface area (TPSA) is 55.4 Å². The average Bonchev–Trinajstić information content (AvgIpc) is 3.31. The third-order valence-electron chi connectivity index (χ3n) is 5.69. The summed E-state index contributed by atoms with van der Waals surface area (Å²) >= 11 is 0. The van der Waals surface area contributed by atoms with E-state index in [0.29, 0.717) is 17.7 Å². The van der Waals surface area contributed by atoms with Crippen LogP contribution in [0.3, 0.4) is 0 Å². The van der Waals surface area contributed by atoms with Crippen molar-refractivity contribution in [1.29, 1.82) is 0 Å². The molecule has 4 nitrogen and oxygen atoms in total. The SMILES string of the molecule is Cc1ccc(OCC(=O)NC2(Cc3ccccc3)CC2)c2c1C(C)CC2=O. The Kier molecular flexibility index (Phi) is 4.50. The zero-order valence-electron chi connectivity index (χ0n) is 15.9. The number of carbonyl (C=O) groups is 2. The van der Waals surface area contributed by atoms with E-state index in [9.17, 15) is 9.59 Å². The van der Waals surface area contributed by atoms with E-state index in [4.69, 9.17) is 4.74 Å². The normalized spacial score (nSPS) is 19.5. The first-order valence-corrected chi connectivity index (χ1v) is 9.62. The Hall–Kier alpha value is -2.62. The smallest absolute Gasteiger partial charge is 0.258 e. The minimum absolute atomic E-state index is 0.0618. The van der Waals surface area contributed by atoms with E-state index >= 15 is 0 Å². The molecule has 0 saturated heterocycles. The number of benzene rings is 2. The summed E-state index contributed by atoms with van der Waals surface area (Å²) in [6.07, 6.45) is 3.34. The zero-order chi connectivity index (χ0) is 19.0. The van der Waals surface area contributed by atoms with Crippen LogP contribution in [-0.4, -0.2) is 23.8 Å². The van der Waals surface area contributed by atoms with Gasteiger partial charge in [-0.1, -0.05) is 43.3 Å². The fraction of sp³-hybridized carbons (Fsp3) is 0.391. The molecule has 1 amide bonds. The number of carbonyl (C=O) groups excluding carboxylic acids is 2. The van der Waals surface area contributed by atoms with Gasteiger partial charge in [0.25, 0.3) is 5.91 Å². The van der Waals surface area contributed by atoms with Gasteiger partial charge in [-0.25, -0.2) is 0 Å². The van der Waals surface area contributed by atoms with Crippen molar-refractivity contribution in [2.24, 2.45) is 0 Å². The molecule has 140 valence electrons. The minimum atomic E-state index is -0.138. The Morgan fingerprint density at radius 1 is 1.19 bits per heavy atom. The van der Waals surface area contributed by atoms with Gasteiger partial charge in [-0.15, -0.1) is 0 Å². The Morgan fingerprint density at radius 3 is 2.63 bits per heavy atom. The molecule has 1 saturated carbocycles. The molecule has 4 heteroatoms. The highest BCUT2D eigenvalue weighted by Gasteiger charge is 2.44. The molecule has 0 bridgehead atoms. The molecule has 1 unspecified atom stereocenters. The van der Waals surface area contributed by atoms with Gasteiger partial charge in [0.05, 0.1) is 5.56 Å². The van der Waals surface area contributed by atoms with Gasteiger partial charge in [-0.2, -0.15) is 0 Å². The van der Waals surface area contributed by atoms with Gasteiger partial charge in [0.1, 0.15) is 5.75 Å². The number of ketones is 1. The summed E-state index contributed by atoms with van der Waals surface area (Å²) in [5, 5.41) is 3.14. The number of ether oxygens (including phenoxy) is 1. The summed E-state index contributed by atoms with van der Waals surface area (Å²) in [6, 6.07) is 14.0. The number of nitrogens with one attached hydrogen (secondary N) is 1. The van der Waals surface area contributed by atoms with Crippen molar-refractivity contribution in [3.8, 4) is 5.75 Å². The van der Waals surface area contributed by atoms with Gasteiger partial charge in [0.2, 0.25) is 0 Å². The van der Waals surface area contributed by atoms with Crippen molar-refractivity contribution >= 4 is 11.7 Å². The van der Waals surface area contributed by atoms with Crippen LogP contribution < -0.4 is 10.1 Å². The molecule has 0 heterocycles. The molecule has 0 spiro atoms. The van der Waals surface area contributed by atoms with Gasteiger partial charge in [-0.05, 0) is 54.9 Å². The maximum atomic E-state index is 12.5. The van der Waals surface area contributed by atoms with Crippen LogP contribution in [-0.2, 0) is 11.2 Å². The predicted molar refractivity (Wildman–Crippen MR) is 104 cm³/mol.